The van der Waals surface area contributed by atoms with Crippen molar-refractivity contribution in [3.8, 4) is 0 Å². The summed E-state index contributed by atoms with van der Waals surface area (Å²) in [6, 6.07) is -0.444. The molecule has 2 atom stereocenters. The number of rotatable bonds is 3. The predicted octanol–water partition coefficient (Wildman–Crippen LogP) is 2.14. The fourth-order valence-corrected chi connectivity index (χ4v) is 4.51. The van der Waals surface area contributed by atoms with Gasteiger partial charge in [-0.3, -0.25) is 0 Å². The maximum atomic E-state index is 11.3. The summed E-state index contributed by atoms with van der Waals surface area (Å²) in [5.74, 6) is 0. The lowest BCUT2D eigenvalue weighted by Gasteiger charge is -2.10. The molecule has 0 aliphatic rings. The van der Waals surface area contributed by atoms with E-state index < -0.39 is 24.4 Å². The Morgan fingerprint density at radius 1 is 1.69 bits per heavy atom. The van der Waals surface area contributed by atoms with Crippen LogP contribution in [0.5, 0.6) is 0 Å². The fourth-order valence-electron chi connectivity index (χ4n) is 0.956. The molecule has 0 aliphatic carbocycles. The van der Waals surface area contributed by atoms with Crippen molar-refractivity contribution in [2.24, 2.45) is 0 Å². The topological polar surface area (TPSA) is 70.8 Å². The summed E-state index contributed by atoms with van der Waals surface area (Å²) in [7, 11) is -4.07. The van der Waals surface area contributed by atoms with Crippen molar-refractivity contribution >= 4 is 18.4 Å². The van der Waals surface area contributed by atoms with E-state index in [4.69, 9.17) is 5.73 Å². The quantitative estimate of drug-likeness (QED) is 0.578. The molecule has 0 aromatic carbocycles. The van der Waals surface area contributed by atoms with Gasteiger partial charge in [0.2, 0.25) is 5.51 Å². The molecule has 1 aromatic heterocycles. The molecule has 0 amide bonds. The highest BCUT2D eigenvalue weighted by Crippen LogP contribution is 2.35. The first-order valence-electron chi connectivity index (χ1n) is 3.85. The van der Waals surface area contributed by atoms with E-state index in [0.717, 1.165) is 0 Å². The zero-order chi connectivity index (χ0) is 10.1. The van der Waals surface area contributed by atoms with Crippen LogP contribution in [-0.2, 0) is 8.87 Å². The molecule has 0 saturated heterocycles. The molecule has 0 spiro atoms. The van der Waals surface area contributed by atoms with E-state index in [-0.39, 0.29) is 0 Å². The first kappa shape index (κ1) is 10.6. The van der Waals surface area contributed by atoms with Gasteiger partial charge in [-0.15, -0.1) is 0 Å². The Morgan fingerprint density at radius 2 is 2.31 bits per heavy atom. The Balaban J connectivity index is 3.18. The zero-order valence-corrected chi connectivity index (χ0v) is 9.15. The van der Waals surface area contributed by atoms with Crippen molar-refractivity contribution in [1.29, 1.82) is 0 Å². The van der Waals surface area contributed by atoms with Crippen LogP contribution in [-0.4, -0.2) is 19.7 Å². The van der Waals surface area contributed by atoms with E-state index in [1.54, 1.807) is 0 Å². The van der Waals surface area contributed by atoms with Gasteiger partial charge in [0.15, 0.2) is 4.88 Å². The van der Waals surface area contributed by atoms with Gasteiger partial charge < -0.3 is 5.73 Å². The van der Waals surface area contributed by atoms with E-state index in [9.17, 15) is 8.42 Å². The highest BCUT2D eigenvalue weighted by atomic mass is 33.2. The van der Waals surface area contributed by atoms with Crippen LogP contribution in [0.15, 0.2) is 11.7 Å². The molecule has 0 fully saturated rings. The zero-order valence-electron chi connectivity index (χ0n) is 7.52. The van der Waals surface area contributed by atoms with Gasteiger partial charge >= 0.3 is 8.87 Å². The lowest BCUT2D eigenvalue weighted by Crippen LogP contribution is -1.94. The molecule has 4 nitrogen and oxygen atoms in total. The third-order valence-corrected chi connectivity index (χ3v) is 6.28. The smallest absolute Gasteiger partial charge is 0.336 e. The molecule has 6 heteroatoms. The average molecular weight is 220 g/mol. The van der Waals surface area contributed by atoms with Crippen LogP contribution < -0.4 is 0 Å². The van der Waals surface area contributed by atoms with Crippen molar-refractivity contribution in [1.82, 2.24) is 4.98 Å². The first-order chi connectivity index (χ1) is 5.96. The maximum absolute atomic E-state index is 11.3. The van der Waals surface area contributed by atoms with Crippen LogP contribution in [0.4, 0.5) is 0 Å². The minimum absolute atomic E-state index is 0.444. The Bertz CT molecular complexity index is 383. The molecule has 1 unspecified atom stereocenters. The summed E-state index contributed by atoms with van der Waals surface area (Å²) in [5.41, 5.74) is 9.04. The van der Waals surface area contributed by atoms with Gasteiger partial charge in [0, 0.05) is 0 Å². The Kier molecular flexibility index (Phi) is 3.05. The largest absolute Gasteiger partial charge is 0.667 e. The van der Waals surface area contributed by atoms with Gasteiger partial charge in [-0.05, 0) is 0 Å². The molecule has 0 radical (unpaired) electrons. The summed E-state index contributed by atoms with van der Waals surface area (Å²) in [5, 5.41) is 0. The maximum Gasteiger partial charge on any atom is 0.336 e. The fraction of sp³-hybridized carbons (Fsp3) is 0.571. The number of hydrogen-bond donors (Lipinski definition) is 0. The highest BCUT2D eigenvalue weighted by Gasteiger charge is 2.25. The summed E-state index contributed by atoms with van der Waals surface area (Å²) in [4.78, 5) is 4.42. The molecule has 0 bridgehead atoms. The van der Waals surface area contributed by atoms with Gasteiger partial charge in [0.25, 0.3) is 0 Å². The summed E-state index contributed by atoms with van der Waals surface area (Å²) in [6.45, 7) is 1.86. The average Bonchev–Trinajstić information content (AvgIpc) is 2.49. The van der Waals surface area contributed by atoms with E-state index in [1.165, 1.54) is 18.0 Å². The first-order valence-corrected chi connectivity index (χ1v) is 7.54. The Morgan fingerprint density at radius 3 is 2.77 bits per heavy atom. The monoisotopic (exact) mass is 220 g/mol. The summed E-state index contributed by atoms with van der Waals surface area (Å²) in [6.07, 6.45) is 3.31. The van der Waals surface area contributed by atoms with Crippen LogP contribution in [0.2, 0.25) is 0 Å². The lowest BCUT2D eigenvalue weighted by molar-refractivity contribution is 0.615. The molecular formula is C7H12N2O2S2. The molecule has 0 saturated carbocycles. The van der Waals surface area contributed by atoms with E-state index in [1.807, 2.05) is 6.92 Å². The van der Waals surface area contributed by atoms with Crippen LogP contribution in [0.3, 0.4) is 0 Å². The van der Waals surface area contributed by atoms with Crippen molar-refractivity contribution in [3.05, 3.63) is 22.3 Å². The molecule has 1 aromatic rings. The molecule has 13 heavy (non-hydrogen) atoms. The van der Waals surface area contributed by atoms with Gasteiger partial charge in [-0.1, -0.05) is 19.4 Å². The summed E-state index contributed by atoms with van der Waals surface area (Å²) < 4.78 is 22.5. The van der Waals surface area contributed by atoms with E-state index >= 15 is 0 Å². The normalized spacial score (nSPS) is 15.8. The SMILES string of the molecule is CC[C@H]([NH-])c1cnc[s+]1S(C)(=O)=O. The van der Waals surface area contributed by atoms with E-state index in [2.05, 4.69) is 4.98 Å². The van der Waals surface area contributed by atoms with Gasteiger partial charge in [-0.25, -0.2) is 4.98 Å². The second-order valence-corrected chi connectivity index (χ2v) is 8.33. The lowest BCUT2D eigenvalue weighted by atomic mass is 10.2. The predicted molar refractivity (Wildman–Crippen MR) is 54.3 cm³/mol. The van der Waals surface area contributed by atoms with Crippen molar-refractivity contribution < 1.29 is 8.42 Å². The van der Waals surface area contributed by atoms with Crippen molar-refractivity contribution in [2.45, 2.75) is 19.4 Å². The number of nitrogens with one attached hydrogen (secondary N) is 1. The number of hydrogen-bond acceptors (Lipinski definition) is 3. The van der Waals surface area contributed by atoms with Gasteiger partial charge in [0.05, 0.1) is 12.5 Å². The molecule has 74 valence electrons. The summed E-state index contributed by atoms with van der Waals surface area (Å²) >= 11 is 0. The van der Waals surface area contributed by atoms with Crippen LogP contribution >= 0.6 is 9.50 Å². The van der Waals surface area contributed by atoms with Crippen molar-refractivity contribution in [2.75, 3.05) is 6.26 Å². The number of nitrogens with zero attached hydrogens (tertiary/aromatic N) is 1. The van der Waals surface area contributed by atoms with Crippen LogP contribution in [0.1, 0.15) is 24.3 Å². The second kappa shape index (κ2) is 3.73. The number of thiazole rings is 1. The third-order valence-electron chi connectivity index (χ3n) is 1.67. The van der Waals surface area contributed by atoms with Crippen LogP contribution in [0, 0.1) is 0 Å². The minimum Gasteiger partial charge on any atom is -0.667 e. The minimum atomic E-state index is -3.12. The second-order valence-electron chi connectivity index (χ2n) is 2.75. The molecular weight excluding hydrogens is 208 g/mol. The van der Waals surface area contributed by atoms with Crippen LogP contribution in [0.25, 0.3) is 5.73 Å². The molecule has 1 rings (SSSR count). The number of aromatic nitrogens is 1. The Labute approximate surface area is 80.1 Å². The molecule has 1 N–H and O–H groups in total. The molecule has 0 aliphatic heterocycles. The third kappa shape index (κ3) is 2.26. The van der Waals surface area contributed by atoms with E-state index in [0.29, 0.717) is 11.3 Å². The molecule has 1 heterocycles. The standard InChI is InChI=1S/C7H12N2O2S2/c1-3-6(8)7-4-9-5-12(7)13(2,10)11/h4-6,8H,3H2,1-2H3/t6-,12?/m0/s1. The Hall–Kier alpha value is -0.460. The van der Waals surface area contributed by atoms with Gasteiger partial charge in [0.1, 0.15) is 9.50 Å². The highest BCUT2D eigenvalue weighted by molar-refractivity contribution is 8.38. The van der Waals surface area contributed by atoms with Gasteiger partial charge in [-0.2, -0.15) is 8.42 Å². The van der Waals surface area contributed by atoms with Crippen molar-refractivity contribution in [3.63, 3.8) is 0 Å².